The first kappa shape index (κ1) is 21.6. The van der Waals surface area contributed by atoms with Gasteiger partial charge in [0.05, 0.1) is 12.7 Å². The van der Waals surface area contributed by atoms with Crippen molar-refractivity contribution in [2.24, 2.45) is 0 Å². The van der Waals surface area contributed by atoms with Crippen LogP contribution < -0.4 is 15.4 Å². The number of carbonyl (C=O) groups excluding carboxylic acids is 2. The molecule has 10 heteroatoms. The monoisotopic (exact) mass is 459 g/mol. The number of hydrogen-bond donors (Lipinski definition) is 2. The fraction of sp³-hybridized carbons (Fsp3) is 0.136. The number of halogens is 3. The summed E-state index contributed by atoms with van der Waals surface area (Å²) in [5.74, 6) is -0.728. The minimum absolute atomic E-state index is 0.0780. The molecule has 1 aliphatic heterocycles. The minimum Gasteiger partial charge on any atom is -0.497 e. The van der Waals surface area contributed by atoms with Gasteiger partial charge in [-0.3, -0.25) is 20.2 Å². The molecule has 1 aliphatic rings. The fourth-order valence-corrected chi connectivity index (χ4v) is 3.67. The molecule has 164 valence electrons. The molecule has 0 atom stereocenters. The van der Waals surface area contributed by atoms with Crippen LogP contribution in [-0.4, -0.2) is 28.6 Å². The van der Waals surface area contributed by atoms with Gasteiger partial charge in [0, 0.05) is 29.2 Å². The number of rotatable bonds is 4. The Kier molecular flexibility index (Phi) is 5.47. The molecular formula is C22H16F3N3O3S. The quantitative estimate of drug-likeness (QED) is 0.355. The summed E-state index contributed by atoms with van der Waals surface area (Å²) >= 11 is 4.81. The van der Waals surface area contributed by atoms with E-state index in [0.717, 1.165) is 12.1 Å². The van der Waals surface area contributed by atoms with E-state index in [1.807, 2.05) is 0 Å². The Morgan fingerprint density at radius 2 is 1.81 bits per heavy atom. The predicted octanol–water partition coefficient (Wildman–Crippen LogP) is 3.63. The molecule has 2 heterocycles. The van der Waals surface area contributed by atoms with E-state index >= 15 is 0 Å². The number of carbonyl (C=O) groups is 2. The van der Waals surface area contributed by atoms with Gasteiger partial charge in [-0.1, -0.05) is 12.1 Å². The van der Waals surface area contributed by atoms with Crippen LogP contribution in [0.4, 0.5) is 13.2 Å². The van der Waals surface area contributed by atoms with Gasteiger partial charge in [0.1, 0.15) is 11.3 Å². The largest absolute Gasteiger partial charge is 0.497 e. The first-order valence-electron chi connectivity index (χ1n) is 9.37. The summed E-state index contributed by atoms with van der Waals surface area (Å²) in [7, 11) is 1.50. The molecule has 0 saturated carbocycles. The van der Waals surface area contributed by atoms with Gasteiger partial charge in [-0.15, -0.1) is 0 Å². The molecule has 2 N–H and O–H groups in total. The third-order valence-corrected chi connectivity index (χ3v) is 5.17. The zero-order valence-corrected chi connectivity index (χ0v) is 17.4. The second kappa shape index (κ2) is 8.12. The summed E-state index contributed by atoms with van der Waals surface area (Å²) in [6.45, 7) is 0.151. The second-order valence-electron chi connectivity index (χ2n) is 7.09. The Balaban J connectivity index is 1.80. The van der Waals surface area contributed by atoms with Crippen LogP contribution >= 0.6 is 12.2 Å². The van der Waals surface area contributed by atoms with E-state index in [2.05, 4.69) is 10.6 Å². The molecular weight excluding hydrogens is 443 g/mol. The summed E-state index contributed by atoms with van der Waals surface area (Å²) < 4.78 is 46.3. The van der Waals surface area contributed by atoms with E-state index in [4.69, 9.17) is 17.0 Å². The van der Waals surface area contributed by atoms with E-state index in [0.29, 0.717) is 27.8 Å². The third-order valence-electron chi connectivity index (χ3n) is 4.97. The Hall–Kier alpha value is -3.66. The van der Waals surface area contributed by atoms with Crippen molar-refractivity contribution in [1.82, 2.24) is 15.2 Å². The van der Waals surface area contributed by atoms with Crippen molar-refractivity contribution < 1.29 is 27.5 Å². The van der Waals surface area contributed by atoms with Crippen LogP contribution in [0.1, 0.15) is 16.7 Å². The fourth-order valence-electron chi connectivity index (χ4n) is 3.48. The average molecular weight is 459 g/mol. The summed E-state index contributed by atoms with van der Waals surface area (Å²) in [4.78, 5) is 24.5. The van der Waals surface area contributed by atoms with Crippen LogP contribution in [0.3, 0.4) is 0 Å². The average Bonchev–Trinajstić information content (AvgIpc) is 3.06. The number of benzene rings is 2. The molecule has 0 radical (unpaired) electrons. The van der Waals surface area contributed by atoms with Crippen molar-refractivity contribution in [3.63, 3.8) is 0 Å². The van der Waals surface area contributed by atoms with Gasteiger partial charge in [0.2, 0.25) is 0 Å². The van der Waals surface area contributed by atoms with E-state index < -0.39 is 23.6 Å². The van der Waals surface area contributed by atoms with Crippen molar-refractivity contribution in [2.75, 3.05) is 7.11 Å². The van der Waals surface area contributed by atoms with Crippen LogP contribution in [0.25, 0.3) is 17.0 Å². The number of methoxy groups -OCH3 is 1. The highest BCUT2D eigenvalue weighted by molar-refractivity contribution is 7.80. The number of fused-ring (bicyclic) bond motifs is 1. The number of nitrogens with zero attached hydrogens (tertiary/aromatic N) is 1. The zero-order chi connectivity index (χ0) is 23.0. The van der Waals surface area contributed by atoms with Crippen LogP contribution in [0.2, 0.25) is 0 Å². The molecule has 0 unspecified atom stereocenters. The summed E-state index contributed by atoms with van der Waals surface area (Å²) in [6, 6.07) is 10.3. The van der Waals surface area contributed by atoms with Crippen LogP contribution in [-0.2, 0) is 22.3 Å². The highest BCUT2D eigenvalue weighted by Crippen LogP contribution is 2.31. The number of aromatic nitrogens is 1. The first-order chi connectivity index (χ1) is 15.2. The molecule has 32 heavy (non-hydrogen) atoms. The van der Waals surface area contributed by atoms with Crippen LogP contribution in [0, 0.1) is 0 Å². The molecule has 1 saturated heterocycles. The Morgan fingerprint density at radius 1 is 1.09 bits per heavy atom. The molecule has 1 fully saturated rings. The number of thiocarbonyl (C=S) groups is 1. The Labute approximate surface area is 185 Å². The zero-order valence-electron chi connectivity index (χ0n) is 16.6. The van der Waals surface area contributed by atoms with Gasteiger partial charge in [-0.25, -0.2) is 0 Å². The maximum Gasteiger partial charge on any atom is 0.416 e. The topological polar surface area (TPSA) is 72.4 Å². The summed E-state index contributed by atoms with van der Waals surface area (Å²) in [5.41, 5.74) is 0.799. The van der Waals surface area contributed by atoms with Crippen LogP contribution in [0.15, 0.2) is 54.2 Å². The molecule has 6 nitrogen and oxygen atoms in total. The number of ether oxygens (including phenoxy) is 1. The molecule has 0 spiro atoms. The lowest BCUT2D eigenvalue weighted by molar-refractivity contribution is -0.137. The lowest BCUT2D eigenvalue weighted by Gasteiger charge is -2.16. The van der Waals surface area contributed by atoms with Gasteiger partial charge >= 0.3 is 6.18 Å². The Bertz CT molecular complexity index is 1270. The Morgan fingerprint density at radius 3 is 2.47 bits per heavy atom. The third kappa shape index (κ3) is 4.22. The van der Waals surface area contributed by atoms with Crippen molar-refractivity contribution in [1.29, 1.82) is 0 Å². The molecule has 1 aromatic heterocycles. The van der Waals surface area contributed by atoms with E-state index in [-0.39, 0.29) is 17.2 Å². The highest BCUT2D eigenvalue weighted by atomic mass is 32.1. The van der Waals surface area contributed by atoms with Gasteiger partial charge in [0.15, 0.2) is 5.11 Å². The van der Waals surface area contributed by atoms with Crippen molar-refractivity contribution in [3.8, 4) is 5.75 Å². The number of nitrogens with one attached hydrogen (secondary N) is 2. The van der Waals surface area contributed by atoms with Crippen molar-refractivity contribution in [3.05, 3.63) is 70.9 Å². The molecule has 0 aliphatic carbocycles. The molecule has 0 bridgehead atoms. The van der Waals surface area contributed by atoms with E-state index in [1.165, 1.54) is 19.3 Å². The molecule has 2 amide bonds. The maximum absolute atomic E-state index is 13.1. The highest BCUT2D eigenvalue weighted by Gasteiger charge is 2.30. The predicted molar refractivity (Wildman–Crippen MR) is 116 cm³/mol. The number of hydrogen-bond acceptors (Lipinski definition) is 4. The lowest BCUT2D eigenvalue weighted by Crippen LogP contribution is -2.51. The standard InChI is InChI=1S/C22H16F3N3O3S/c1-31-15-5-6-18-16(9-15)13(8-17-19(29)26-21(32)27-20(17)30)11-28(18)10-12-3-2-4-14(7-12)22(23,24)25/h2-9,11H,10H2,1H3,(H2,26,27,29,30,32). The maximum atomic E-state index is 13.1. The second-order valence-corrected chi connectivity index (χ2v) is 7.50. The number of alkyl halides is 3. The smallest absolute Gasteiger partial charge is 0.416 e. The number of amides is 2. The summed E-state index contributed by atoms with van der Waals surface area (Å²) in [6.07, 6.45) is -1.36. The molecule has 2 aromatic carbocycles. The first-order valence-corrected chi connectivity index (χ1v) is 9.78. The van der Waals surface area contributed by atoms with Crippen LogP contribution in [0.5, 0.6) is 5.75 Å². The van der Waals surface area contributed by atoms with E-state index in [9.17, 15) is 22.8 Å². The van der Waals surface area contributed by atoms with Crippen molar-refractivity contribution >= 4 is 46.1 Å². The molecule has 3 aromatic rings. The molecule has 4 rings (SSSR count). The van der Waals surface area contributed by atoms with Gasteiger partial charge in [0.25, 0.3) is 11.8 Å². The lowest BCUT2D eigenvalue weighted by atomic mass is 10.1. The van der Waals surface area contributed by atoms with Gasteiger partial charge < -0.3 is 9.30 Å². The van der Waals surface area contributed by atoms with Crippen molar-refractivity contribution in [2.45, 2.75) is 12.7 Å². The van der Waals surface area contributed by atoms with E-state index in [1.54, 1.807) is 35.0 Å². The van der Waals surface area contributed by atoms with Gasteiger partial charge in [-0.05, 0) is 54.2 Å². The minimum atomic E-state index is -4.44. The summed E-state index contributed by atoms with van der Waals surface area (Å²) in [5, 5.41) is 5.33. The SMILES string of the molecule is COc1ccc2c(c1)c(C=C1C(=O)NC(=S)NC1=O)cn2Cc1cccc(C(F)(F)F)c1. The normalized spacial score (nSPS) is 14.4. The van der Waals surface area contributed by atoms with Gasteiger partial charge in [-0.2, -0.15) is 13.2 Å².